The Labute approximate surface area is 119 Å². The Kier molecular flexibility index (Phi) is 4.74. The number of hydrogen-bond donors (Lipinski definition) is 2. The molecule has 0 radical (unpaired) electrons. The first-order chi connectivity index (χ1) is 9.54. The molecule has 1 aliphatic carbocycles. The highest BCUT2D eigenvalue weighted by Crippen LogP contribution is 2.18. The summed E-state index contributed by atoms with van der Waals surface area (Å²) < 4.78 is 0. The Morgan fingerprint density at radius 1 is 1.20 bits per heavy atom. The van der Waals surface area contributed by atoms with Crippen molar-refractivity contribution >= 4 is 17.5 Å². The van der Waals surface area contributed by atoms with E-state index in [-0.39, 0.29) is 11.8 Å². The van der Waals surface area contributed by atoms with E-state index >= 15 is 0 Å². The van der Waals surface area contributed by atoms with Crippen LogP contribution in [0.5, 0.6) is 0 Å². The van der Waals surface area contributed by atoms with Crippen LogP contribution in [0.1, 0.15) is 18.4 Å². The second-order valence-electron chi connectivity index (χ2n) is 5.37. The smallest absolute Gasteiger partial charge is 0.238 e. The van der Waals surface area contributed by atoms with Crippen LogP contribution in [0.4, 0.5) is 5.69 Å². The first-order valence-corrected chi connectivity index (χ1v) is 6.87. The van der Waals surface area contributed by atoms with Crippen LogP contribution in [0, 0.1) is 0 Å². The van der Waals surface area contributed by atoms with Crippen molar-refractivity contribution in [1.29, 1.82) is 0 Å². The zero-order valence-corrected chi connectivity index (χ0v) is 12.0. The van der Waals surface area contributed by atoms with E-state index in [1.54, 1.807) is 19.0 Å². The summed E-state index contributed by atoms with van der Waals surface area (Å²) in [5.74, 6) is 0.0319. The van der Waals surface area contributed by atoms with Crippen molar-refractivity contribution in [2.75, 3.05) is 26.0 Å². The van der Waals surface area contributed by atoms with Gasteiger partial charge in [-0.25, -0.2) is 0 Å². The van der Waals surface area contributed by atoms with Gasteiger partial charge in [-0.15, -0.1) is 0 Å². The fourth-order valence-electron chi connectivity index (χ4n) is 1.77. The molecule has 0 bridgehead atoms. The van der Waals surface area contributed by atoms with E-state index < -0.39 is 0 Å². The van der Waals surface area contributed by atoms with Crippen LogP contribution in [-0.2, 0) is 16.0 Å². The molecule has 0 aromatic heterocycles. The minimum absolute atomic E-state index is 0.0333. The van der Waals surface area contributed by atoms with Gasteiger partial charge in [0.15, 0.2) is 0 Å². The predicted octanol–water partition coefficient (Wildman–Crippen LogP) is 1.01. The molecule has 2 amide bonds. The molecule has 0 heterocycles. The van der Waals surface area contributed by atoms with Crippen LogP contribution >= 0.6 is 0 Å². The van der Waals surface area contributed by atoms with E-state index in [0.717, 1.165) is 11.3 Å². The first-order valence-electron chi connectivity index (χ1n) is 6.87. The lowest BCUT2D eigenvalue weighted by Gasteiger charge is -2.10. The molecule has 5 heteroatoms. The average molecular weight is 275 g/mol. The van der Waals surface area contributed by atoms with Crippen LogP contribution in [-0.4, -0.2) is 43.4 Å². The summed E-state index contributed by atoms with van der Waals surface area (Å²) >= 11 is 0. The molecule has 5 nitrogen and oxygen atoms in total. The van der Waals surface area contributed by atoms with Gasteiger partial charge in [0, 0.05) is 25.8 Å². The molecule has 1 fully saturated rings. The average Bonchev–Trinajstić information content (AvgIpc) is 3.22. The highest BCUT2D eigenvalue weighted by molar-refractivity contribution is 5.92. The molecule has 0 saturated heterocycles. The maximum atomic E-state index is 11.7. The van der Waals surface area contributed by atoms with Gasteiger partial charge in [0.1, 0.15) is 0 Å². The van der Waals surface area contributed by atoms with E-state index in [0.29, 0.717) is 19.0 Å². The van der Waals surface area contributed by atoms with Crippen molar-refractivity contribution in [2.45, 2.75) is 25.3 Å². The normalized spacial score (nSPS) is 13.9. The van der Waals surface area contributed by atoms with Crippen LogP contribution < -0.4 is 10.6 Å². The summed E-state index contributed by atoms with van der Waals surface area (Å²) in [4.78, 5) is 24.8. The summed E-state index contributed by atoms with van der Waals surface area (Å²) in [5.41, 5.74) is 1.70. The standard InChI is InChI=1S/C15H21N3O2/c1-18(2)15(20)9-11-3-5-13(6-4-11)17-14(19)10-16-12-7-8-12/h3-6,12,16H,7-10H2,1-2H3,(H,17,19). The van der Waals surface area contributed by atoms with Gasteiger partial charge in [0.05, 0.1) is 13.0 Å². The lowest BCUT2D eigenvalue weighted by atomic mass is 10.1. The van der Waals surface area contributed by atoms with Gasteiger partial charge >= 0.3 is 0 Å². The van der Waals surface area contributed by atoms with E-state index in [1.807, 2.05) is 24.3 Å². The molecular weight excluding hydrogens is 254 g/mol. The zero-order chi connectivity index (χ0) is 14.5. The number of carbonyl (C=O) groups is 2. The summed E-state index contributed by atoms with van der Waals surface area (Å²) in [5, 5.41) is 6.00. The van der Waals surface area contributed by atoms with E-state index in [2.05, 4.69) is 10.6 Å². The fraction of sp³-hybridized carbons (Fsp3) is 0.467. The summed E-state index contributed by atoms with van der Waals surface area (Å²) in [7, 11) is 3.48. The second-order valence-corrected chi connectivity index (χ2v) is 5.37. The molecule has 0 unspecified atom stereocenters. The van der Waals surface area contributed by atoms with Gasteiger partial charge in [-0.05, 0) is 30.5 Å². The van der Waals surface area contributed by atoms with Crippen LogP contribution in [0.25, 0.3) is 0 Å². The Bertz CT molecular complexity index is 478. The summed E-state index contributed by atoms with van der Waals surface area (Å²) in [6.45, 7) is 0.353. The Hall–Kier alpha value is -1.88. The number of anilines is 1. The maximum absolute atomic E-state index is 11.7. The number of nitrogens with one attached hydrogen (secondary N) is 2. The predicted molar refractivity (Wildman–Crippen MR) is 78.5 cm³/mol. The minimum Gasteiger partial charge on any atom is -0.349 e. The van der Waals surface area contributed by atoms with Gasteiger partial charge in [-0.2, -0.15) is 0 Å². The third kappa shape index (κ3) is 4.66. The number of amides is 2. The van der Waals surface area contributed by atoms with Crippen molar-refractivity contribution in [2.24, 2.45) is 0 Å². The summed E-state index contributed by atoms with van der Waals surface area (Å²) in [6.07, 6.45) is 2.72. The van der Waals surface area contributed by atoms with Gasteiger partial charge < -0.3 is 15.5 Å². The summed E-state index contributed by atoms with van der Waals surface area (Å²) in [6, 6.07) is 7.91. The SMILES string of the molecule is CN(C)C(=O)Cc1ccc(NC(=O)CNC2CC2)cc1. The van der Waals surface area contributed by atoms with Gasteiger partial charge in [-0.1, -0.05) is 12.1 Å². The Balaban J connectivity index is 1.80. The van der Waals surface area contributed by atoms with Gasteiger partial charge in [0.25, 0.3) is 0 Å². The highest BCUT2D eigenvalue weighted by Gasteiger charge is 2.21. The number of carbonyl (C=O) groups excluding carboxylic acids is 2. The van der Waals surface area contributed by atoms with Gasteiger partial charge in [0.2, 0.25) is 11.8 Å². The molecule has 1 aliphatic rings. The molecular formula is C15H21N3O2. The quantitative estimate of drug-likeness (QED) is 0.814. The molecule has 0 atom stereocenters. The topological polar surface area (TPSA) is 61.4 Å². The van der Waals surface area contributed by atoms with Crippen LogP contribution in [0.15, 0.2) is 24.3 Å². The lowest BCUT2D eigenvalue weighted by Crippen LogP contribution is -2.29. The Morgan fingerprint density at radius 2 is 1.85 bits per heavy atom. The number of benzene rings is 1. The van der Waals surface area contributed by atoms with Crippen molar-refractivity contribution in [3.05, 3.63) is 29.8 Å². The number of hydrogen-bond acceptors (Lipinski definition) is 3. The van der Waals surface area contributed by atoms with Crippen molar-refractivity contribution in [3.8, 4) is 0 Å². The van der Waals surface area contributed by atoms with E-state index in [4.69, 9.17) is 0 Å². The van der Waals surface area contributed by atoms with Crippen LogP contribution in [0.2, 0.25) is 0 Å². The second kappa shape index (κ2) is 6.52. The molecule has 0 aliphatic heterocycles. The van der Waals surface area contributed by atoms with Crippen LogP contribution in [0.3, 0.4) is 0 Å². The fourth-order valence-corrected chi connectivity index (χ4v) is 1.77. The van der Waals surface area contributed by atoms with Crippen molar-refractivity contribution < 1.29 is 9.59 Å². The Morgan fingerprint density at radius 3 is 2.40 bits per heavy atom. The third-order valence-corrected chi connectivity index (χ3v) is 3.22. The molecule has 2 rings (SSSR count). The molecule has 108 valence electrons. The first kappa shape index (κ1) is 14.5. The highest BCUT2D eigenvalue weighted by atomic mass is 16.2. The van der Waals surface area contributed by atoms with Crippen molar-refractivity contribution in [3.63, 3.8) is 0 Å². The molecule has 2 N–H and O–H groups in total. The molecule has 1 aromatic carbocycles. The lowest BCUT2D eigenvalue weighted by molar-refractivity contribution is -0.128. The van der Waals surface area contributed by atoms with E-state index in [1.165, 1.54) is 12.8 Å². The maximum Gasteiger partial charge on any atom is 0.238 e. The largest absolute Gasteiger partial charge is 0.349 e. The number of nitrogens with zero attached hydrogens (tertiary/aromatic N) is 1. The number of rotatable bonds is 6. The molecule has 20 heavy (non-hydrogen) atoms. The zero-order valence-electron chi connectivity index (χ0n) is 12.0. The van der Waals surface area contributed by atoms with Crippen molar-refractivity contribution in [1.82, 2.24) is 10.2 Å². The molecule has 0 spiro atoms. The van der Waals surface area contributed by atoms with Gasteiger partial charge in [-0.3, -0.25) is 9.59 Å². The molecule has 1 aromatic rings. The molecule has 1 saturated carbocycles. The van der Waals surface area contributed by atoms with E-state index in [9.17, 15) is 9.59 Å². The number of likely N-dealkylation sites (N-methyl/N-ethyl adjacent to an activating group) is 1. The monoisotopic (exact) mass is 275 g/mol. The third-order valence-electron chi connectivity index (χ3n) is 3.22. The minimum atomic E-state index is -0.0333.